The second-order valence-corrected chi connectivity index (χ2v) is 5.08. The molecule has 0 aliphatic rings. The van der Waals surface area contributed by atoms with Gasteiger partial charge in [-0.25, -0.2) is 0 Å². The highest BCUT2D eigenvalue weighted by atomic mass is 16.4. The van der Waals surface area contributed by atoms with Crippen molar-refractivity contribution in [1.29, 1.82) is 0 Å². The Morgan fingerprint density at radius 1 is 0.840 bits per heavy atom. The van der Waals surface area contributed by atoms with Crippen molar-refractivity contribution in [3.8, 4) is 0 Å². The van der Waals surface area contributed by atoms with Gasteiger partial charge in [-0.1, -0.05) is 30.3 Å². The summed E-state index contributed by atoms with van der Waals surface area (Å²) in [4.78, 5) is 31.0. The third-order valence-electron chi connectivity index (χ3n) is 3.02. The van der Waals surface area contributed by atoms with Gasteiger partial charge < -0.3 is 21.3 Å². The number of carboxylic acids is 2. The van der Waals surface area contributed by atoms with Crippen molar-refractivity contribution in [2.75, 3.05) is 5.73 Å². The molecule has 0 unspecified atom stereocenters. The zero-order valence-corrected chi connectivity index (χ0v) is 13.5. The van der Waals surface area contributed by atoms with E-state index >= 15 is 0 Å². The molecule has 132 valence electrons. The Balaban J connectivity index is 0.000000333. The van der Waals surface area contributed by atoms with Crippen molar-refractivity contribution in [1.82, 2.24) is 5.32 Å². The maximum atomic E-state index is 11.7. The first-order chi connectivity index (χ1) is 11.9. The summed E-state index contributed by atoms with van der Waals surface area (Å²) < 4.78 is 0. The molecule has 1 amide bonds. The fourth-order valence-electron chi connectivity index (χ4n) is 1.72. The minimum atomic E-state index is -1.08. The lowest BCUT2D eigenvalue weighted by Gasteiger charge is -2.05. The molecule has 0 radical (unpaired) electrons. The lowest BCUT2D eigenvalue weighted by molar-refractivity contribution is -0.143. The second kappa shape index (κ2) is 10.4. The fourth-order valence-corrected chi connectivity index (χ4v) is 1.72. The molecule has 7 nitrogen and oxygen atoms in total. The zero-order valence-electron chi connectivity index (χ0n) is 13.5. The van der Waals surface area contributed by atoms with E-state index in [9.17, 15) is 14.4 Å². The first kappa shape index (κ1) is 19.7. The Morgan fingerprint density at radius 3 is 1.84 bits per heavy atom. The number of carboxylic acid groups (broad SMARTS) is 2. The van der Waals surface area contributed by atoms with E-state index in [0.717, 1.165) is 11.3 Å². The standard InChI is InChI=1S/C14H14N2O.C4H6O4/c15-13-8-6-11(7-9-13)10-16-14(17)12-4-2-1-3-5-12;5-3(6)1-2-4(7)8/h1-9H,10,15H2,(H,16,17);1-2H2,(H,5,6)(H,7,8). The highest BCUT2D eigenvalue weighted by Crippen LogP contribution is 2.05. The van der Waals surface area contributed by atoms with Gasteiger partial charge in [-0.3, -0.25) is 14.4 Å². The van der Waals surface area contributed by atoms with Crippen molar-refractivity contribution < 1.29 is 24.6 Å². The predicted molar refractivity (Wildman–Crippen MR) is 93.0 cm³/mol. The van der Waals surface area contributed by atoms with E-state index in [1.807, 2.05) is 42.5 Å². The van der Waals surface area contributed by atoms with Gasteiger partial charge in [0.1, 0.15) is 0 Å². The molecule has 2 aromatic carbocycles. The Morgan fingerprint density at radius 2 is 1.36 bits per heavy atom. The van der Waals surface area contributed by atoms with Gasteiger partial charge in [-0.05, 0) is 29.8 Å². The van der Waals surface area contributed by atoms with Crippen LogP contribution in [-0.4, -0.2) is 28.1 Å². The van der Waals surface area contributed by atoms with Crippen LogP contribution in [0, 0.1) is 0 Å². The number of hydrogen-bond acceptors (Lipinski definition) is 4. The van der Waals surface area contributed by atoms with Crippen molar-refractivity contribution in [2.24, 2.45) is 0 Å². The van der Waals surface area contributed by atoms with Crippen LogP contribution in [-0.2, 0) is 16.1 Å². The zero-order chi connectivity index (χ0) is 18.7. The molecule has 0 aliphatic heterocycles. The molecule has 0 bridgehead atoms. The topological polar surface area (TPSA) is 130 Å². The minimum Gasteiger partial charge on any atom is -0.481 e. The molecule has 0 saturated heterocycles. The van der Waals surface area contributed by atoms with Crippen LogP contribution < -0.4 is 11.1 Å². The van der Waals surface area contributed by atoms with Gasteiger partial charge in [0.25, 0.3) is 5.91 Å². The van der Waals surface area contributed by atoms with E-state index in [-0.39, 0.29) is 18.7 Å². The highest BCUT2D eigenvalue weighted by Gasteiger charge is 2.03. The second-order valence-electron chi connectivity index (χ2n) is 5.08. The maximum absolute atomic E-state index is 11.7. The molecule has 0 heterocycles. The maximum Gasteiger partial charge on any atom is 0.303 e. The largest absolute Gasteiger partial charge is 0.481 e. The Bertz CT molecular complexity index is 685. The first-order valence-corrected chi connectivity index (χ1v) is 7.49. The number of anilines is 1. The van der Waals surface area contributed by atoms with Crippen LogP contribution in [0.25, 0.3) is 0 Å². The molecule has 0 fully saturated rings. The van der Waals surface area contributed by atoms with Crippen LogP contribution in [0.5, 0.6) is 0 Å². The summed E-state index contributed by atoms with van der Waals surface area (Å²) in [5.74, 6) is -2.22. The van der Waals surface area contributed by atoms with Crippen LogP contribution >= 0.6 is 0 Å². The summed E-state index contributed by atoms with van der Waals surface area (Å²) in [6, 6.07) is 16.6. The lowest BCUT2D eigenvalue weighted by Crippen LogP contribution is -2.22. The Labute approximate surface area is 145 Å². The van der Waals surface area contributed by atoms with E-state index in [4.69, 9.17) is 15.9 Å². The average Bonchev–Trinajstić information content (AvgIpc) is 2.60. The van der Waals surface area contributed by atoms with Gasteiger partial charge in [-0.2, -0.15) is 0 Å². The van der Waals surface area contributed by atoms with Crippen LogP contribution in [0.3, 0.4) is 0 Å². The van der Waals surface area contributed by atoms with E-state index in [1.165, 1.54) is 0 Å². The number of hydrogen-bond donors (Lipinski definition) is 4. The van der Waals surface area contributed by atoms with Gasteiger partial charge in [0.05, 0.1) is 12.8 Å². The summed E-state index contributed by atoms with van der Waals surface area (Å²) in [5, 5.41) is 18.7. The van der Waals surface area contributed by atoms with Crippen LogP contribution in [0.2, 0.25) is 0 Å². The monoisotopic (exact) mass is 344 g/mol. The van der Waals surface area contributed by atoms with E-state index in [2.05, 4.69) is 5.32 Å². The quantitative estimate of drug-likeness (QED) is 0.594. The van der Waals surface area contributed by atoms with E-state index < -0.39 is 11.9 Å². The molecule has 7 heteroatoms. The predicted octanol–water partition coefficient (Wildman–Crippen LogP) is 2.13. The van der Waals surface area contributed by atoms with Crippen LogP contribution in [0.1, 0.15) is 28.8 Å². The number of benzene rings is 2. The van der Waals surface area contributed by atoms with Crippen molar-refractivity contribution in [2.45, 2.75) is 19.4 Å². The van der Waals surface area contributed by atoms with Crippen molar-refractivity contribution in [3.63, 3.8) is 0 Å². The Kier molecular flexibility index (Phi) is 8.22. The number of amides is 1. The average molecular weight is 344 g/mol. The molecule has 0 spiro atoms. The SMILES string of the molecule is Nc1ccc(CNC(=O)c2ccccc2)cc1.O=C(O)CCC(=O)O. The number of nitrogens with one attached hydrogen (secondary N) is 1. The molecule has 0 saturated carbocycles. The van der Waals surface area contributed by atoms with Gasteiger partial charge in [0, 0.05) is 17.8 Å². The molecule has 0 aromatic heterocycles. The number of rotatable bonds is 6. The Hall–Kier alpha value is -3.35. The van der Waals surface area contributed by atoms with Crippen LogP contribution in [0.4, 0.5) is 5.69 Å². The number of aliphatic carboxylic acids is 2. The van der Waals surface area contributed by atoms with Crippen molar-refractivity contribution in [3.05, 3.63) is 65.7 Å². The summed E-state index contributed by atoms with van der Waals surface area (Å²) in [6.07, 6.45) is -0.593. The van der Waals surface area contributed by atoms with E-state index in [1.54, 1.807) is 12.1 Å². The van der Waals surface area contributed by atoms with Gasteiger partial charge in [0.2, 0.25) is 0 Å². The van der Waals surface area contributed by atoms with Crippen LogP contribution in [0.15, 0.2) is 54.6 Å². The molecule has 0 aliphatic carbocycles. The number of nitrogens with two attached hydrogens (primary N) is 1. The third-order valence-corrected chi connectivity index (χ3v) is 3.02. The minimum absolute atomic E-state index is 0.0672. The summed E-state index contributed by atoms with van der Waals surface area (Å²) in [6.45, 7) is 0.508. The fraction of sp³-hybridized carbons (Fsp3) is 0.167. The molecule has 0 atom stereocenters. The lowest BCUT2D eigenvalue weighted by atomic mass is 10.2. The summed E-state index contributed by atoms with van der Waals surface area (Å²) in [5.41, 5.74) is 8.01. The van der Waals surface area contributed by atoms with Gasteiger partial charge in [-0.15, -0.1) is 0 Å². The molecule has 2 rings (SSSR count). The molecular weight excluding hydrogens is 324 g/mol. The smallest absolute Gasteiger partial charge is 0.303 e. The number of carbonyl (C=O) groups excluding carboxylic acids is 1. The molecule has 25 heavy (non-hydrogen) atoms. The van der Waals surface area contributed by atoms with Crippen molar-refractivity contribution >= 4 is 23.5 Å². The number of carbonyl (C=O) groups is 3. The molecule has 5 N–H and O–H groups in total. The third kappa shape index (κ3) is 8.75. The first-order valence-electron chi connectivity index (χ1n) is 7.49. The number of nitrogen functional groups attached to an aromatic ring is 1. The normalized spacial score (nSPS) is 9.44. The van der Waals surface area contributed by atoms with Gasteiger partial charge >= 0.3 is 11.9 Å². The highest BCUT2D eigenvalue weighted by molar-refractivity contribution is 5.94. The van der Waals surface area contributed by atoms with Gasteiger partial charge in [0.15, 0.2) is 0 Å². The summed E-state index contributed by atoms with van der Waals surface area (Å²) >= 11 is 0. The summed E-state index contributed by atoms with van der Waals surface area (Å²) in [7, 11) is 0. The molecular formula is C18H20N2O5. The van der Waals surface area contributed by atoms with E-state index in [0.29, 0.717) is 12.1 Å². The molecule has 2 aromatic rings.